The van der Waals surface area contributed by atoms with E-state index in [1.165, 1.54) is 11.1 Å². The van der Waals surface area contributed by atoms with Crippen molar-refractivity contribution in [2.75, 3.05) is 6.61 Å². The summed E-state index contributed by atoms with van der Waals surface area (Å²) in [5.41, 5.74) is 2.44. The third-order valence-electron chi connectivity index (χ3n) is 3.53. The molecule has 0 aliphatic rings. The van der Waals surface area contributed by atoms with Gasteiger partial charge in [-0.15, -0.1) is 0 Å². The summed E-state index contributed by atoms with van der Waals surface area (Å²) < 4.78 is 1.82. The SMILES string of the molecule is CC(NC(CCCO)c1ccccc1)c1cnn(C)c1. The zero-order valence-electron chi connectivity index (χ0n) is 12.2. The average Bonchev–Trinajstić information content (AvgIpc) is 2.91. The van der Waals surface area contributed by atoms with Crippen molar-refractivity contribution in [3.8, 4) is 0 Å². The van der Waals surface area contributed by atoms with Gasteiger partial charge in [0.15, 0.2) is 0 Å². The molecule has 2 aromatic rings. The molecule has 0 amide bonds. The lowest BCUT2D eigenvalue weighted by Crippen LogP contribution is -2.24. The molecule has 0 fully saturated rings. The molecule has 2 N–H and O–H groups in total. The summed E-state index contributed by atoms with van der Waals surface area (Å²) in [7, 11) is 1.93. The van der Waals surface area contributed by atoms with Crippen LogP contribution in [0.25, 0.3) is 0 Å². The first kappa shape index (κ1) is 14.8. The Morgan fingerprint density at radius 1 is 1.25 bits per heavy atom. The van der Waals surface area contributed by atoms with Crippen LogP contribution in [0, 0.1) is 0 Å². The largest absolute Gasteiger partial charge is 0.396 e. The molecule has 0 spiro atoms. The second-order valence-electron chi connectivity index (χ2n) is 5.16. The number of benzene rings is 1. The number of hydrogen-bond acceptors (Lipinski definition) is 3. The van der Waals surface area contributed by atoms with Gasteiger partial charge in [-0.05, 0) is 25.3 Å². The van der Waals surface area contributed by atoms with Crippen LogP contribution in [0.1, 0.15) is 43.0 Å². The highest BCUT2D eigenvalue weighted by Crippen LogP contribution is 2.23. The maximum Gasteiger partial charge on any atom is 0.0537 e. The number of rotatable bonds is 7. The number of hydrogen-bond donors (Lipinski definition) is 2. The Bertz CT molecular complexity index is 509. The standard InChI is InChI=1S/C16H23N3O/c1-13(15-11-17-19(2)12-15)18-16(9-6-10-20)14-7-4-3-5-8-14/h3-5,7-8,11-13,16,18,20H,6,9-10H2,1-2H3. The first-order chi connectivity index (χ1) is 9.70. The Labute approximate surface area is 120 Å². The van der Waals surface area contributed by atoms with Crippen LogP contribution >= 0.6 is 0 Å². The van der Waals surface area contributed by atoms with Crippen LogP contribution in [-0.2, 0) is 7.05 Å². The minimum atomic E-state index is 0.228. The zero-order valence-corrected chi connectivity index (χ0v) is 12.2. The monoisotopic (exact) mass is 273 g/mol. The van der Waals surface area contributed by atoms with Gasteiger partial charge < -0.3 is 10.4 Å². The van der Waals surface area contributed by atoms with E-state index in [0.29, 0.717) is 0 Å². The predicted molar refractivity (Wildman–Crippen MR) is 80.3 cm³/mol. The maximum absolute atomic E-state index is 9.08. The van der Waals surface area contributed by atoms with E-state index in [1.54, 1.807) is 0 Å². The van der Waals surface area contributed by atoms with E-state index in [0.717, 1.165) is 12.8 Å². The molecule has 1 heterocycles. The minimum absolute atomic E-state index is 0.228. The van der Waals surface area contributed by atoms with Gasteiger partial charge in [0.25, 0.3) is 0 Å². The lowest BCUT2D eigenvalue weighted by atomic mass is 10.0. The molecular formula is C16H23N3O. The number of nitrogens with one attached hydrogen (secondary N) is 1. The lowest BCUT2D eigenvalue weighted by molar-refractivity contribution is 0.272. The van der Waals surface area contributed by atoms with E-state index in [1.807, 2.05) is 30.2 Å². The summed E-state index contributed by atoms with van der Waals surface area (Å²) in [4.78, 5) is 0. The van der Waals surface area contributed by atoms with Gasteiger partial charge >= 0.3 is 0 Å². The molecule has 20 heavy (non-hydrogen) atoms. The van der Waals surface area contributed by atoms with Crippen LogP contribution in [0.3, 0.4) is 0 Å². The fourth-order valence-corrected chi connectivity index (χ4v) is 2.39. The molecule has 2 unspecified atom stereocenters. The highest BCUT2D eigenvalue weighted by molar-refractivity contribution is 5.20. The first-order valence-corrected chi connectivity index (χ1v) is 7.11. The van der Waals surface area contributed by atoms with Gasteiger partial charge in [-0.1, -0.05) is 30.3 Å². The Kier molecular flexibility index (Phi) is 5.32. The number of nitrogens with zero attached hydrogens (tertiary/aromatic N) is 2. The molecule has 1 aromatic heterocycles. The summed E-state index contributed by atoms with van der Waals surface area (Å²) >= 11 is 0. The number of aliphatic hydroxyl groups is 1. The van der Waals surface area contributed by atoms with Gasteiger partial charge in [0.05, 0.1) is 6.20 Å². The van der Waals surface area contributed by atoms with Crippen LogP contribution in [0.15, 0.2) is 42.7 Å². The average molecular weight is 273 g/mol. The summed E-state index contributed by atoms with van der Waals surface area (Å²) in [5, 5.41) is 16.9. The van der Waals surface area contributed by atoms with E-state index in [2.05, 4.69) is 41.6 Å². The third kappa shape index (κ3) is 3.92. The van der Waals surface area contributed by atoms with E-state index in [-0.39, 0.29) is 18.7 Å². The molecule has 0 radical (unpaired) electrons. The van der Waals surface area contributed by atoms with Crippen LogP contribution in [-0.4, -0.2) is 21.5 Å². The molecular weight excluding hydrogens is 250 g/mol. The van der Waals surface area contributed by atoms with Crippen LogP contribution in [0.5, 0.6) is 0 Å². The molecule has 108 valence electrons. The van der Waals surface area contributed by atoms with E-state index in [9.17, 15) is 0 Å². The molecule has 0 saturated carbocycles. The van der Waals surface area contributed by atoms with Gasteiger partial charge in [0.2, 0.25) is 0 Å². The third-order valence-corrected chi connectivity index (χ3v) is 3.53. The number of aromatic nitrogens is 2. The number of aliphatic hydroxyl groups excluding tert-OH is 1. The molecule has 0 aliphatic carbocycles. The Balaban J connectivity index is 2.07. The van der Waals surface area contributed by atoms with Crippen molar-refractivity contribution in [3.63, 3.8) is 0 Å². The summed E-state index contributed by atoms with van der Waals surface area (Å²) in [6, 6.07) is 10.9. The van der Waals surface area contributed by atoms with Crippen molar-refractivity contribution < 1.29 is 5.11 Å². The molecule has 4 nitrogen and oxygen atoms in total. The summed E-state index contributed by atoms with van der Waals surface area (Å²) in [6.07, 6.45) is 5.65. The number of aryl methyl sites for hydroxylation is 1. The molecule has 2 rings (SSSR count). The van der Waals surface area contributed by atoms with Crippen molar-refractivity contribution >= 4 is 0 Å². The fraction of sp³-hybridized carbons (Fsp3) is 0.438. The smallest absolute Gasteiger partial charge is 0.0537 e. The Morgan fingerprint density at radius 3 is 2.60 bits per heavy atom. The minimum Gasteiger partial charge on any atom is -0.396 e. The lowest BCUT2D eigenvalue weighted by Gasteiger charge is -2.23. The maximum atomic E-state index is 9.08. The van der Waals surface area contributed by atoms with Crippen molar-refractivity contribution in [3.05, 3.63) is 53.9 Å². The summed E-state index contributed by atoms with van der Waals surface area (Å²) in [5.74, 6) is 0. The van der Waals surface area contributed by atoms with Gasteiger partial charge in [0, 0.05) is 37.5 Å². The van der Waals surface area contributed by atoms with E-state index < -0.39 is 0 Å². The highest BCUT2D eigenvalue weighted by atomic mass is 16.2. The van der Waals surface area contributed by atoms with E-state index in [4.69, 9.17) is 5.11 Å². The van der Waals surface area contributed by atoms with Crippen LogP contribution in [0.4, 0.5) is 0 Å². The topological polar surface area (TPSA) is 50.1 Å². The van der Waals surface area contributed by atoms with Crippen molar-refractivity contribution in [1.29, 1.82) is 0 Å². The zero-order chi connectivity index (χ0) is 14.4. The normalized spacial score (nSPS) is 14.2. The van der Waals surface area contributed by atoms with Gasteiger partial charge in [-0.3, -0.25) is 4.68 Å². The second-order valence-corrected chi connectivity index (χ2v) is 5.16. The molecule has 0 saturated heterocycles. The van der Waals surface area contributed by atoms with Crippen LogP contribution < -0.4 is 5.32 Å². The van der Waals surface area contributed by atoms with Crippen LogP contribution in [0.2, 0.25) is 0 Å². The molecule has 0 bridgehead atoms. The predicted octanol–water partition coefficient (Wildman–Crippen LogP) is 2.58. The van der Waals surface area contributed by atoms with Crippen molar-refractivity contribution in [2.45, 2.75) is 31.8 Å². The molecule has 4 heteroatoms. The van der Waals surface area contributed by atoms with Gasteiger partial charge in [-0.25, -0.2) is 0 Å². The molecule has 0 aliphatic heterocycles. The van der Waals surface area contributed by atoms with Crippen molar-refractivity contribution in [1.82, 2.24) is 15.1 Å². The van der Waals surface area contributed by atoms with Crippen molar-refractivity contribution in [2.24, 2.45) is 7.05 Å². The second kappa shape index (κ2) is 7.22. The Morgan fingerprint density at radius 2 is 2.00 bits per heavy atom. The molecule has 2 atom stereocenters. The van der Waals surface area contributed by atoms with E-state index >= 15 is 0 Å². The first-order valence-electron chi connectivity index (χ1n) is 7.11. The summed E-state index contributed by atoms with van der Waals surface area (Å²) in [6.45, 7) is 2.37. The molecule has 1 aromatic carbocycles. The Hall–Kier alpha value is -1.65. The highest BCUT2D eigenvalue weighted by Gasteiger charge is 2.15. The van der Waals surface area contributed by atoms with Gasteiger partial charge in [-0.2, -0.15) is 5.10 Å². The quantitative estimate of drug-likeness (QED) is 0.815. The van der Waals surface area contributed by atoms with Gasteiger partial charge in [0.1, 0.15) is 0 Å². The fourth-order valence-electron chi connectivity index (χ4n) is 2.39.